The SMILES string of the molecule is CC(C)CNC(=O)C(C)NC(=O)c1c(F)ccc(N)c1F. The van der Waals surface area contributed by atoms with Crippen LogP contribution in [0, 0.1) is 17.6 Å². The number of hydrogen-bond donors (Lipinski definition) is 3. The molecule has 1 rings (SSSR count). The lowest BCUT2D eigenvalue weighted by Crippen LogP contribution is -2.46. The molecule has 2 amide bonds. The molecule has 0 aliphatic carbocycles. The first kappa shape index (κ1) is 16.9. The number of halogens is 2. The van der Waals surface area contributed by atoms with Crippen LogP contribution < -0.4 is 16.4 Å². The molecule has 0 heterocycles. The fourth-order valence-corrected chi connectivity index (χ4v) is 1.57. The highest BCUT2D eigenvalue weighted by Crippen LogP contribution is 2.18. The Balaban J connectivity index is 2.78. The predicted molar refractivity (Wildman–Crippen MR) is 75.5 cm³/mol. The fourth-order valence-electron chi connectivity index (χ4n) is 1.57. The average Bonchev–Trinajstić information content (AvgIpc) is 2.40. The van der Waals surface area contributed by atoms with Crippen molar-refractivity contribution in [3.8, 4) is 0 Å². The van der Waals surface area contributed by atoms with E-state index in [9.17, 15) is 18.4 Å². The van der Waals surface area contributed by atoms with Crippen molar-refractivity contribution >= 4 is 17.5 Å². The highest BCUT2D eigenvalue weighted by Gasteiger charge is 2.23. The minimum atomic E-state index is -1.14. The number of anilines is 1. The summed E-state index contributed by atoms with van der Waals surface area (Å²) in [6.45, 7) is 5.71. The van der Waals surface area contributed by atoms with Gasteiger partial charge in [0.05, 0.1) is 5.69 Å². The molecule has 0 aliphatic heterocycles. The van der Waals surface area contributed by atoms with Crippen LogP contribution in [0.2, 0.25) is 0 Å². The lowest BCUT2D eigenvalue weighted by molar-refractivity contribution is -0.122. The van der Waals surface area contributed by atoms with Crippen LogP contribution in [-0.2, 0) is 4.79 Å². The van der Waals surface area contributed by atoms with E-state index in [-0.39, 0.29) is 11.6 Å². The van der Waals surface area contributed by atoms with Crippen LogP contribution in [0.25, 0.3) is 0 Å². The summed E-state index contributed by atoms with van der Waals surface area (Å²) in [5.41, 5.74) is 4.17. The first-order valence-corrected chi connectivity index (χ1v) is 6.56. The maximum absolute atomic E-state index is 13.7. The van der Waals surface area contributed by atoms with E-state index in [1.54, 1.807) is 0 Å². The molecule has 4 N–H and O–H groups in total. The van der Waals surface area contributed by atoms with Crippen molar-refractivity contribution in [1.29, 1.82) is 0 Å². The van der Waals surface area contributed by atoms with Crippen LogP contribution in [0.1, 0.15) is 31.1 Å². The molecule has 0 saturated heterocycles. The van der Waals surface area contributed by atoms with Crippen molar-refractivity contribution < 1.29 is 18.4 Å². The van der Waals surface area contributed by atoms with Gasteiger partial charge in [-0.25, -0.2) is 8.78 Å². The largest absolute Gasteiger partial charge is 0.396 e. The van der Waals surface area contributed by atoms with Gasteiger partial charge in [0.2, 0.25) is 5.91 Å². The smallest absolute Gasteiger partial charge is 0.257 e. The standard InChI is InChI=1S/C14H19F2N3O2/c1-7(2)6-18-13(20)8(3)19-14(21)11-9(15)4-5-10(17)12(11)16/h4-5,7-8H,6,17H2,1-3H3,(H,18,20)(H,19,21). The summed E-state index contributed by atoms with van der Waals surface area (Å²) in [5.74, 6) is -3.37. The van der Waals surface area contributed by atoms with Crippen molar-refractivity contribution in [3.63, 3.8) is 0 Å². The van der Waals surface area contributed by atoms with Crippen molar-refractivity contribution in [2.45, 2.75) is 26.8 Å². The van der Waals surface area contributed by atoms with E-state index in [0.717, 1.165) is 12.1 Å². The molecule has 7 heteroatoms. The molecule has 0 aromatic heterocycles. The minimum absolute atomic E-state index is 0.251. The molecule has 1 aromatic rings. The first-order chi connectivity index (χ1) is 9.73. The number of benzene rings is 1. The number of carbonyl (C=O) groups excluding carboxylic acids is 2. The summed E-state index contributed by atoms with van der Waals surface area (Å²) in [7, 11) is 0. The van der Waals surface area contributed by atoms with E-state index in [1.807, 2.05) is 13.8 Å². The lowest BCUT2D eigenvalue weighted by Gasteiger charge is -2.16. The van der Waals surface area contributed by atoms with E-state index >= 15 is 0 Å². The van der Waals surface area contributed by atoms with E-state index in [2.05, 4.69) is 10.6 Å². The Hall–Kier alpha value is -2.18. The summed E-state index contributed by atoms with van der Waals surface area (Å²) < 4.78 is 27.2. The molecule has 0 radical (unpaired) electrons. The molecule has 0 spiro atoms. The zero-order valence-corrected chi connectivity index (χ0v) is 12.2. The quantitative estimate of drug-likeness (QED) is 0.719. The third kappa shape index (κ3) is 4.40. The fraction of sp³-hybridized carbons (Fsp3) is 0.429. The highest BCUT2D eigenvalue weighted by molar-refractivity contribution is 5.98. The zero-order chi connectivity index (χ0) is 16.2. The summed E-state index contributed by atoms with van der Waals surface area (Å²) in [4.78, 5) is 23.6. The molecule has 1 unspecified atom stereocenters. The highest BCUT2D eigenvalue weighted by atomic mass is 19.1. The van der Waals surface area contributed by atoms with Crippen molar-refractivity contribution in [2.24, 2.45) is 5.92 Å². The Morgan fingerprint density at radius 3 is 2.43 bits per heavy atom. The van der Waals surface area contributed by atoms with Crippen LogP contribution in [-0.4, -0.2) is 24.4 Å². The molecule has 0 aliphatic rings. The molecule has 1 aromatic carbocycles. The summed E-state index contributed by atoms with van der Waals surface area (Å²) >= 11 is 0. The molecular formula is C14H19F2N3O2. The van der Waals surface area contributed by atoms with Crippen molar-refractivity contribution in [1.82, 2.24) is 10.6 Å². The molecule has 1 atom stereocenters. The molecule has 116 valence electrons. The number of hydrogen-bond acceptors (Lipinski definition) is 3. The Bertz CT molecular complexity index is 547. The van der Waals surface area contributed by atoms with Gasteiger partial charge in [-0.1, -0.05) is 13.8 Å². The Morgan fingerprint density at radius 1 is 1.24 bits per heavy atom. The number of nitrogen functional groups attached to an aromatic ring is 1. The van der Waals surface area contributed by atoms with Crippen LogP contribution in [0.3, 0.4) is 0 Å². The van der Waals surface area contributed by atoms with Crippen LogP contribution in [0.4, 0.5) is 14.5 Å². The zero-order valence-electron chi connectivity index (χ0n) is 12.2. The van der Waals surface area contributed by atoms with Crippen LogP contribution in [0.15, 0.2) is 12.1 Å². The molecular weight excluding hydrogens is 280 g/mol. The topological polar surface area (TPSA) is 84.2 Å². The number of rotatable bonds is 5. The maximum atomic E-state index is 13.7. The van der Waals surface area contributed by atoms with Gasteiger partial charge in [-0.15, -0.1) is 0 Å². The maximum Gasteiger partial charge on any atom is 0.257 e. The Labute approximate surface area is 121 Å². The van der Waals surface area contributed by atoms with Gasteiger partial charge in [0.1, 0.15) is 17.4 Å². The number of amides is 2. The van der Waals surface area contributed by atoms with Crippen LogP contribution in [0.5, 0.6) is 0 Å². The van der Waals surface area contributed by atoms with Gasteiger partial charge in [0.15, 0.2) is 5.82 Å². The van der Waals surface area contributed by atoms with Gasteiger partial charge < -0.3 is 16.4 Å². The van der Waals surface area contributed by atoms with Gasteiger partial charge in [-0.05, 0) is 25.0 Å². The second kappa shape index (κ2) is 7.01. The van der Waals surface area contributed by atoms with E-state index in [4.69, 9.17) is 5.73 Å². The Kier molecular flexibility index (Phi) is 5.63. The monoisotopic (exact) mass is 299 g/mol. The lowest BCUT2D eigenvalue weighted by atomic mass is 10.1. The molecule has 0 saturated carbocycles. The minimum Gasteiger partial charge on any atom is -0.396 e. The summed E-state index contributed by atoms with van der Waals surface area (Å²) in [6, 6.07) is 1.01. The third-order valence-electron chi connectivity index (χ3n) is 2.77. The summed E-state index contributed by atoms with van der Waals surface area (Å²) in [6.07, 6.45) is 0. The second-order valence-electron chi connectivity index (χ2n) is 5.16. The van der Waals surface area contributed by atoms with Gasteiger partial charge in [0, 0.05) is 6.54 Å². The van der Waals surface area contributed by atoms with Crippen molar-refractivity contribution in [2.75, 3.05) is 12.3 Å². The molecule has 0 bridgehead atoms. The molecule has 21 heavy (non-hydrogen) atoms. The Morgan fingerprint density at radius 2 is 1.86 bits per heavy atom. The number of carbonyl (C=O) groups is 2. The normalized spacial score (nSPS) is 12.1. The van der Waals surface area contributed by atoms with Crippen LogP contribution >= 0.6 is 0 Å². The third-order valence-corrected chi connectivity index (χ3v) is 2.77. The second-order valence-corrected chi connectivity index (χ2v) is 5.16. The van der Waals surface area contributed by atoms with Gasteiger partial charge in [-0.3, -0.25) is 9.59 Å². The van der Waals surface area contributed by atoms with Gasteiger partial charge in [-0.2, -0.15) is 0 Å². The number of nitrogens with one attached hydrogen (secondary N) is 2. The number of nitrogens with two attached hydrogens (primary N) is 1. The van der Waals surface area contributed by atoms with Gasteiger partial charge >= 0.3 is 0 Å². The van der Waals surface area contributed by atoms with E-state index in [0.29, 0.717) is 6.54 Å². The average molecular weight is 299 g/mol. The predicted octanol–water partition coefficient (Wildman–Crippen LogP) is 1.44. The van der Waals surface area contributed by atoms with E-state index < -0.39 is 35.1 Å². The first-order valence-electron chi connectivity index (χ1n) is 6.56. The van der Waals surface area contributed by atoms with Crippen molar-refractivity contribution in [3.05, 3.63) is 29.3 Å². The van der Waals surface area contributed by atoms with Gasteiger partial charge in [0.25, 0.3) is 5.91 Å². The van der Waals surface area contributed by atoms with E-state index in [1.165, 1.54) is 6.92 Å². The molecule has 5 nitrogen and oxygen atoms in total. The summed E-state index contributed by atoms with van der Waals surface area (Å²) in [5, 5.41) is 4.86. The molecule has 0 fully saturated rings.